The number of hydrogen-bond acceptors (Lipinski definition) is 11. The molecule has 18 heteroatoms. The van der Waals surface area contributed by atoms with E-state index in [0.717, 1.165) is 63.1 Å². The van der Waals surface area contributed by atoms with Crippen molar-refractivity contribution in [2.24, 2.45) is 5.73 Å². The van der Waals surface area contributed by atoms with Crippen LogP contribution < -0.4 is 41.9 Å². The Bertz CT molecular complexity index is 2460. The first-order valence-electron chi connectivity index (χ1n) is 20.9. The molecule has 1 heterocycles. The van der Waals surface area contributed by atoms with Crippen LogP contribution in [-0.2, 0) is 45.1 Å². The zero-order valence-electron chi connectivity index (χ0n) is 39.7. The predicted octanol–water partition coefficient (Wildman–Crippen LogP) is 7.01. The fourth-order valence-electron chi connectivity index (χ4n) is 5.52. The van der Waals surface area contributed by atoms with Crippen molar-refractivity contribution in [2.75, 3.05) is 59.2 Å². The number of nitrogens with one attached hydrogen (secondary N) is 2. The summed E-state index contributed by atoms with van der Waals surface area (Å²) in [5.41, 5.74) is 7.83. The summed E-state index contributed by atoms with van der Waals surface area (Å²) in [6, 6.07) is 29.4. The molecule has 4 N–H and O–H groups in total. The van der Waals surface area contributed by atoms with Crippen LogP contribution in [0.15, 0.2) is 119 Å². The number of amides is 1. The number of halogens is 4. The number of nitrogens with two attached hydrogens (primary N) is 1. The SMILES string of the molecule is C=O.CCCc1cc(F)cc(F)c1.CCc1cc(F)cc(F)c1.CNCC=O.CNc1ccc(OC)cc1.COc1ccc(N(C)C)cc1.NC(=O)Cn1c(=O)c(=O)n(CC=O)c2ccccc21. The molecule has 0 unspecified atom stereocenters. The first kappa shape index (κ1) is 60.4. The molecule has 0 fully saturated rings. The van der Waals surface area contributed by atoms with Crippen LogP contribution in [0, 0.1) is 23.3 Å². The molecule has 5 aromatic carbocycles. The summed E-state index contributed by atoms with van der Waals surface area (Å²) in [5.74, 6) is -0.926. The van der Waals surface area contributed by atoms with Crippen LogP contribution >= 0.6 is 0 Å². The molecule has 0 atom stereocenters. The van der Waals surface area contributed by atoms with Crippen molar-refractivity contribution in [3.8, 4) is 11.5 Å². The summed E-state index contributed by atoms with van der Waals surface area (Å²) >= 11 is 0. The molecule has 0 aliphatic heterocycles. The van der Waals surface area contributed by atoms with E-state index < -0.39 is 40.3 Å². The van der Waals surface area contributed by atoms with Gasteiger partial charge in [-0.15, -0.1) is 0 Å². The molecule has 0 aliphatic rings. The average Bonchev–Trinajstić information content (AvgIpc) is 3.33. The minimum atomic E-state index is -0.876. The van der Waals surface area contributed by atoms with Gasteiger partial charge < -0.3 is 45.1 Å². The summed E-state index contributed by atoms with van der Waals surface area (Å²) in [6.45, 7) is 5.69. The molecule has 1 aromatic heterocycles. The van der Waals surface area contributed by atoms with Crippen molar-refractivity contribution in [3.63, 3.8) is 0 Å². The van der Waals surface area contributed by atoms with Crippen LogP contribution in [0.2, 0.25) is 0 Å². The van der Waals surface area contributed by atoms with E-state index in [4.69, 9.17) is 20.0 Å². The number of para-hydroxylation sites is 2. The highest BCUT2D eigenvalue weighted by Gasteiger charge is 2.13. The number of likely N-dealkylation sites (N-methyl/N-ethyl adjacent to an activating group) is 1. The number of carbonyl (C=O) groups is 4. The van der Waals surface area contributed by atoms with Crippen LogP contribution in [0.25, 0.3) is 11.0 Å². The van der Waals surface area contributed by atoms with E-state index in [1.165, 1.54) is 30.0 Å². The van der Waals surface area contributed by atoms with Gasteiger partial charge in [-0.3, -0.25) is 23.5 Å². The van der Waals surface area contributed by atoms with Crippen LogP contribution in [0.3, 0.4) is 0 Å². The summed E-state index contributed by atoms with van der Waals surface area (Å²) < 4.78 is 61.9. The molecule has 6 rings (SSSR count). The second-order valence-electron chi connectivity index (χ2n) is 13.9. The largest absolute Gasteiger partial charge is 0.497 e. The molecule has 68 heavy (non-hydrogen) atoms. The Morgan fingerprint density at radius 3 is 1.49 bits per heavy atom. The number of hydrogen-bond donors (Lipinski definition) is 3. The van der Waals surface area contributed by atoms with Gasteiger partial charge in [0.25, 0.3) is 0 Å². The number of aryl methyl sites for hydroxylation is 2. The highest BCUT2D eigenvalue weighted by Crippen LogP contribution is 2.17. The summed E-state index contributed by atoms with van der Waals surface area (Å²) in [4.78, 5) is 64.8. The number of anilines is 2. The third-order valence-corrected chi connectivity index (χ3v) is 8.75. The molecular weight excluding hydrogens is 889 g/mol. The Balaban J connectivity index is 0.000000816. The van der Waals surface area contributed by atoms with Crippen molar-refractivity contribution in [1.29, 1.82) is 0 Å². The zero-order valence-corrected chi connectivity index (χ0v) is 39.7. The van der Waals surface area contributed by atoms with Gasteiger partial charge in [-0.1, -0.05) is 32.4 Å². The highest BCUT2D eigenvalue weighted by molar-refractivity contribution is 5.79. The lowest BCUT2D eigenvalue weighted by atomic mass is 10.1. The van der Waals surface area contributed by atoms with Gasteiger partial charge in [0, 0.05) is 44.7 Å². The lowest BCUT2D eigenvalue weighted by Gasteiger charge is -2.12. The van der Waals surface area contributed by atoms with E-state index in [2.05, 4.69) is 15.5 Å². The number of primary amides is 1. The predicted molar refractivity (Wildman–Crippen MR) is 261 cm³/mol. The zero-order chi connectivity index (χ0) is 51.6. The number of carbonyl (C=O) groups excluding carboxylic acids is 4. The lowest BCUT2D eigenvalue weighted by Crippen LogP contribution is -2.43. The Labute approximate surface area is 394 Å². The monoisotopic (exact) mass is 950 g/mol. The number of rotatable bonds is 13. The van der Waals surface area contributed by atoms with Gasteiger partial charge in [-0.2, -0.15) is 0 Å². The molecule has 0 spiro atoms. The summed E-state index contributed by atoms with van der Waals surface area (Å²) in [5, 5.41) is 5.67. The maximum Gasteiger partial charge on any atom is 0.317 e. The van der Waals surface area contributed by atoms with Crippen molar-refractivity contribution < 1.29 is 46.2 Å². The molecule has 0 bridgehead atoms. The molecule has 6 aromatic rings. The van der Waals surface area contributed by atoms with Gasteiger partial charge >= 0.3 is 11.1 Å². The van der Waals surface area contributed by atoms with Crippen LogP contribution in [0.4, 0.5) is 28.9 Å². The van der Waals surface area contributed by atoms with Gasteiger partial charge in [0.15, 0.2) is 0 Å². The maximum atomic E-state index is 12.5. The minimum absolute atomic E-state index is 0.216. The fourth-order valence-corrected chi connectivity index (χ4v) is 5.52. The van der Waals surface area contributed by atoms with Gasteiger partial charge in [-0.25, -0.2) is 17.6 Å². The number of aromatic nitrogens is 2. The van der Waals surface area contributed by atoms with Gasteiger partial charge in [0.2, 0.25) is 5.91 Å². The van der Waals surface area contributed by atoms with E-state index >= 15 is 0 Å². The van der Waals surface area contributed by atoms with Crippen LogP contribution in [0.1, 0.15) is 31.4 Å². The van der Waals surface area contributed by atoms with Crippen LogP contribution in [0.5, 0.6) is 11.5 Å². The number of nitrogens with zero attached hydrogens (tertiary/aromatic N) is 3. The Kier molecular flexibility index (Phi) is 30.8. The Morgan fingerprint density at radius 1 is 0.691 bits per heavy atom. The Hall–Kier alpha value is -7.60. The third kappa shape index (κ3) is 23.0. The lowest BCUT2D eigenvalue weighted by molar-refractivity contribution is -0.118. The van der Waals surface area contributed by atoms with Crippen molar-refractivity contribution >= 4 is 47.7 Å². The third-order valence-electron chi connectivity index (χ3n) is 8.75. The second kappa shape index (κ2) is 34.7. The molecular formula is C50H62F4N6O8. The topological polar surface area (TPSA) is 184 Å². The quantitative estimate of drug-likeness (QED) is 0.0615. The molecule has 1 amide bonds. The molecule has 368 valence electrons. The molecule has 0 aliphatic carbocycles. The van der Waals surface area contributed by atoms with Crippen LogP contribution in [-0.4, -0.2) is 83.4 Å². The first-order chi connectivity index (χ1) is 32.5. The molecule has 0 saturated heterocycles. The van der Waals surface area contributed by atoms with Gasteiger partial charge in [0.05, 0.1) is 38.3 Å². The molecule has 0 saturated carbocycles. The van der Waals surface area contributed by atoms with Crippen molar-refractivity contribution in [2.45, 2.75) is 46.2 Å². The highest BCUT2D eigenvalue weighted by atomic mass is 19.1. The number of methoxy groups -OCH3 is 2. The smallest absolute Gasteiger partial charge is 0.317 e. The van der Waals surface area contributed by atoms with Crippen molar-refractivity contribution in [3.05, 3.63) is 164 Å². The van der Waals surface area contributed by atoms with Gasteiger partial charge in [0.1, 0.15) is 60.7 Å². The standard InChI is InChI=1S/C12H11N3O4.C9H10F2.C9H13NO.C8H8F2.C8H11NO.C3H7NO.CH2O/c13-10(17)7-15-9-4-2-1-3-8(9)14(5-6-16)11(18)12(15)19;1-2-3-7-4-8(10)6-9(11)5-7;1-10(2)8-4-6-9(11-3)7-5-8;1-2-6-3-7(9)5-8(10)4-6;1-9-7-3-5-8(10-2)6-4-7;1-4-2-3-5;1-2/h1-4,6H,5,7H2,(H2,13,17);4-6H,2-3H2,1H3;4-7H,1-3H3;3-5H,2H2,1H3;3-6,9H,1-2H3;3-4H,2H2,1H3;1H2. The number of fused-ring (bicyclic) bond motifs is 1. The first-order valence-corrected chi connectivity index (χ1v) is 20.9. The number of benzene rings is 5. The normalized spacial score (nSPS) is 9.47. The number of aldehydes is 2. The number of ether oxygens (including phenoxy) is 2. The average molecular weight is 951 g/mol. The summed E-state index contributed by atoms with van der Waals surface area (Å²) in [7, 11) is 11.0. The van der Waals surface area contributed by atoms with E-state index in [1.54, 1.807) is 45.5 Å². The maximum absolute atomic E-state index is 12.5. The van der Waals surface area contributed by atoms with E-state index in [1.807, 2.05) is 90.3 Å². The molecule has 14 nitrogen and oxygen atoms in total. The fraction of sp³-hybridized carbons (Fsp3) is 0.280. The Morgan fingerprint density at radius 2 is 1.13 bits per heavy atom. The second-order valence-corrected chi connectivity index (χ2v) is 13.9. The minimum Gasteiger partial charge on any atom is -0.497 e. The van der Waals surface area contributed by atoms with Crippen molar-refractivity contribution in [1.82, 2.24) is 14.5 Å². The van der Waals surface area contributed by atoms with E-state index in [0.29, 0.717) is 35.8 Å². The van der Waals surface area contributed by atoms with Gasteiger partial charge in [-0.05, 0) is 116 Å². The van der Waals surface area contributed by atoms with E-state index in [9.17, 15) is 41.5 Å². The summed E-state index contributed by atoms with van der Waals surface area (Å²) in [6.07, 6.45) is 3.65. The van der Waals surface area contributed by atoms with E-state index in [-0.39, 0.29) is 13.1 Å². The molecule has 0 radical (unpaired) electrons.